The zero-order chi connectivity index (χ0) is 76.6. The lowest BCUT2D eigenvalue weighted by Gasteiger charge is -2.15. The molecule has 17 aromatic carbocycles. The first-order valence-electron chi connectivity index (χ1n) is 39.1. The summed E-state index contributed by atoms with van der Waals surface area (Å²) in [6.45, 7) is 0. The predicted octanol–water partition coefficient (Wildman–Crippen LogP) is 29.7. The molecule has 0 N–H and O–H groups in total. The van der Waals surface area contributed by atoms with E-state index < -0.39 is 0 Å². The van der Waals surface area contributed by atoms with Gasteiger partial charge in [0.2, 0.25) is 0 Å². The lowest BCUT2D eigenvalue weighted by molar-refractivity contribution is 1.18. The van der Waals surface area contributed by atoms with Gasteiger partial charge in [-0.1, -0.05) is 328 Å². The van der Waals surface area contributed by atoms with E-state index in [1.54, 1.807) is 0 Å². The molecular weight excluding hydrogens is 1450 g/mol. The van der Waals surface area contributed by atoms with Crippen LogP contribution in [0.2, 0.25) is 0 Å². The minimum absolute atomic E-state index is 0.705. The summed E-state index contributed by atoms with van der Waals surface area (Å²) in [5.74, 6) is 1.41. The Morgan fingerprint density at radius 1 is 0.172 bits per heavy atom. The van der Waals surface area contributed by atoms with Crippen molar-refractivity contribution in [2.75, 3.05) is 0 Å². The Hall–Kier alpha value is -14.8. The number of pyridine rings is 2. The van der Waals surface area contributed by atoms with Gasteiger partial charge in [-0.15, -0.1) is 22.7 Å². The maximum Gasteiger partial charge on any atom is 0.160 e. The summed E-state index contributed by atoms with van der Waals surface area (Å²) in [7, 11) is 0. The van der Waals surface area contributed by atoms with Crippen molar-refractivity contribution in [3.05, 3.63) is 400 Å². The van der Waals surface area contributed by atoms with Crippen LogP contribution >= 0.6 is 22.7 Å². The van der Waals surface area contributed by atoms with Crippen LogP contribution in [0.5, 0.6) is 0 Å². The minimum Gasteiger partial charge on any atom is -0.246 e. The van der Waals surface area contributed by atoms with Gasteiger partial charge in [0.25, 0.3) is 0 Å². The van der Waals surface area contributed by atoms with E-state index in [1.165, 1.54) is 99.8 Å². The van der Waals surface area contributed by atoms with Gasteiger partial charge >= 0.3 is 0 Å². The Morgan fingerprint density at radius 3 is 1.03 bits per heavy atom. The first-order valence-corrected chi connectivity index (χ1v) is 40.7. The predicted molar refractivity (Wildman–Crippen MR) is 490 cm³/mol. The Balaban J connectivity index is 0.000000141. The minimum atomic E-state index is 0.705. The quantitative estimate of drug-likeness (QED) is 0.120. The Labute approximate surface area is 677 Å². The summed E-state index contributed by atoms with van der Waals surface area (Å²) in [6.07, 6.45) is 0. The van der Waals surface area contributed by atoms with Gasteiger partial charge in [-0.2, -0.15) is 0 Å². The lowest BCUT2D eigenvalue weighted by Crippen LogP contribution is -1.96. The molecule has 0 fully saturated rings. The molecule has 8 heteroatoms. The number of fused-ring (bicyclic) bond motifs is 16. The van der Waals surface area contributed by atoms with Gasteiger partial charge in [0.05, 0.1) is 54.6 Å². The van der Waals surface area contributed by atoms with Crippen molar-refractivity contribution >= 4 is 128 Å². The Kier molecular flexibility index (Phi) is 16.9. The zero-order valence-electron chi connectivity index (χ0n) is 62.6. The second-order valence-corrected chi connectivity index (χ2v) is 31.6. The number of benzene rings is 17. The zero-order valence-corrected chi connectivity index (χ0v) is 64.2. The topological polar surface area (TPSA) is 77.3 Å². The smallest absolute Gasteiger partial charge is 0.160 e. The molecule has 0 atom stereocenters. The van der Waals surface area contributed by atoms with Crippen LogP contribution < -0.4 is 0 Å². The summed E-state index contributed by atoms with van der Waals surface area (Å²) >= 11 is 3.68. The van der Waals surface area contributed by atoms with Crippen molar-refractivity contribution in [1.82, 2.24) is 29.9 Å². The van der Waals surface area contributed by atoms with Crippen molar-refractivity contribution < 1.29 is 0 Å². The van der Waals surface area contributed by atoms with Crippen LogP contribution in [0, 0.1) is 0 Å². The van der Waals surface area contributed by atoms with Gasteiger partial charge in [-0.05, 0) is 149 Å². The Bertz CT molecular complexity index is 7720. The molecule has 23 aromatic rings. The number of hydrogen-bond acceptors (Lipinski definition) is 8. The van der Waals surface area contributed by atoms with Crippen LogP contribution in [0.25, 0.3) is 229 Å². The average molecular weight is 1510 g/mol. The molecule has 6 aromatic heterocycles. The lowest BCUT2D eigenvalue weighted by atomic mass is 9.92. The van der Waals surface area contributed by atoms with Crippen LogP contribution in [0.3, 0.4) is 0 Å². The largest absolute Gasteiger partial charge is 0.246 e. The number of aromatic nitrogens is 6. The highest BCUT2D eigenvalue weighted by Gasteiger charge is 2.24. The summed E-state index contributed by atoms with van der Waals surface area (Å²) in [6, 6.07) is 142. The third-order valence-corrected chi connectivity index (χ3v) is 24.9. The fourth-order valence-corrected chi connectivity index (χ4v) is 19.5. The molecule has 0 saturated heterocycles. The van der Waals surface area contributed by atoms with Gasteiger partial charge in [0.1, 0.15) is 0 Å². The van der Waals surface area contributed by atoms with Gasteiger partial charge < -0.3 is 0 Å². The Morgan fingerprint density at radius 2 is 0.526 bits per heavy atom. The first-order chi connectivity index (χ1) is 57.5. The molecule has 540 valence electrons. The number of nitrogens with zero attached hydrogens (tertiary/aromatic N) is 6. The highest BCUT2D eigenvalue weighted by molar-refractivity contribution is 7.27. The molecule has 6 heterocycles. The third-order valence-electron chi connectivity index (χ3n) is 22.5. The fraction of sp³-hybridized carbons (Fsp3) is 0. The molecule has 0 aliphatic carbocycles. The summed E-state index contributed by atoms with van der Waals surface area (Å²) in [5.41, 5.74) is 22.9. The number of rotatable bonds is 11. The number of thiophene rings is 2. The summed E-state index contributed by atoms with van der Waals surface area (Å²) in [5, 5.41) is 17.2. The highest BCUT2D eigenvalue weighted by Crippen LogP contribution is 2.50. The van der Waals surface area contributed by atoms with Crippen LogP contribution in [0.15, 0.2) is 400 Å². The van der Waals surface area contributed by atoms with Gasteiger partial charge in [0.15, 0.2) is 11.6 Å². The van der Waals surface area contributed by atoms with Crippen molar-refractivity contribution in [2.24, 2.45) is 0 Å². The highest BCUT2D eigenvalue weighted by atomic mass is 32.1. The molecule has 0 aliphatic rings. The maximum absolute atomic E-state index is 5.57. The van der Waals surface area contributed by atoms with E-state index in [2.05, 4.69) is 352 Å². The molecule has 0 bridgehead atoms. The van der Waals surface area contributed by atoms with Gasteiger partial charge in [-0.3, -0.25) is 0 Å². The number of hydrogen-bond donors (Lipinski definition) is 0. The van der Waals surface area contributed by atoms with Crippen LogP contribution in [-0.4, -0.2) is 29.9 Å². The second kappa shape index (κ2) is 28.7. The van der Waals surface area contributed by atoms with Crippen molar-refractivity contribution in [3.8, 4) is 124 Å². The van der Waals surface area contributed by atoms with E-state index in [0.29, 0.717) is 11.6 Å². The van der Waals surface area contributed by atoms with Gasteiger partial charge in [0, 0.05) is 86.2 Å². The monoisotopic (exact) mass is 1510 g/mol. The summed E-state index contributed by atoms with van der Waals surface area (Å²) < 4.78 is 4.94. The SMILES string of the molecule is c1ccc(-c2cc(-c3cccc(-c4cccc(-c5ccc6nc(-c7cc8ccccc8c8ccccc78)c7sc8ccccc8c7c6c5)c4)c3)nc(-c3ccccc3)n2)cc1.c1ccc(-c2cc(-c3cccc(-c4cccc5nc(-c6cc7ccccc7c7ccccc67)c6sc7ccccc7c6c45)c3)nc(-c3ccccc3)n2)cc1. The van der Waals surface area contributed by atoms with E-state index in [1.807, 2.05) is 71.2 Å². The summed E-state index contributed by atoms with van der Waals surface area (Å²) in [4.78, 5) is 31.4. The van der Waals surface area contributed by atoms with Crippen molar-refractivity contribution in [2.45, 2.75) is 0 Å². The molecule has 0 unspecified atom stereocenters. The van der Waals surface area contributed by atoms with E-state index >= 15 is 0 Å². The fourth-order valence-electron chi connectivity index (χ4n) is 17.0. The van der Waals surface area contributed by atoms with Gasteiger partial charge in [-0.25, -0.2) is 29.9 Å². The van der Waals surface area contributed by atoms with Crippen molar-refractivity contribution in [3.63, 3.8) is 0 Å². The molecule has 116 heavy (non-hydrogen) atoms. The molecule has 0 radical (unpaired) electrons. The van der Waals surface area contributed by atoms with E-state index in [9.17, 15) is 0 Å². The third kappa shape index (κ3) is 12.2. The first kappa shape index (κ1) is 68.0. The van der Waals surface area contributed by atoms with Crippen LogP contribution in [0.4, 0.5) is 0 Å². The molecular formula is C108H66N6S2. The molecule has 6 nitrogen and oxygen atoms in total. The van der Waals surface area contributed by atoms with Crippen LogP contribution in [-0.2, 0) is 0 Å². The molecule has 0 amide bonds. The molecule has 0 saturated carbocycles. The van der Waals surface area contributed by atoms with E-state index in [0.717, 1.165) is 118 Å². The standard InChI is InChI=1S/C57H35N3S.C51H31N3S/c1-3-15-36(16-4-1)51-35-52(60-57(59-51)37-17-5-2-6-18-37)43-23-14-22-40(32-43)38-20-13-21-39(31-38)41-29-30-50-49(33-41)54-47-27-11-12-28-53(47)61-56(54)55(58-50)48-34-42-19-7-8-24-44(42)45-25-9-10-26-46(45)48;1-3-15-32(16-4-1)44-31-45(54-51(53-44)33-17-5-2-6-18-33)36-21-13-20-34(29-36)38-26-14-27-43-47(38)48-41-25-11-12-28-46(41)55-50(48)49(52-43)42-30-35-19-7-8-22-37(35)39-23-9-10-24-40(39)42/h1-35H;1-31H. The second-order valence-electron chi connectivity index (χ2n) is 29.5. The van der Waals surface area contributed by atoms with Crippen LogP contribution in [0.1, 0.15) is 0 Å². The maximum atomic E-state index is 5.57. The average Bonchev–Trinajstić information content (AvgIpc) is 1.48. The molecule has 23 rings (SSSR count). The molecule has 0 spiro atoms. The normalized spacial score (nSPS) is 11.6. The van der Waals surface area contributed by atoms with Crippen molar-refractivity contribution in [1.29, 1.82) is 0 Å². The van der Waals surface area contributed by atoms with E-state index in [4.69, 9.17) is 29.9 Å². The van der Waals surface area contributed by atoms with E-state index in [-0.39, 0.29) is 0 Å². The molecule has 0 aliphatic heterocycles.